The predicted molar refractivity (Wildman–Crippen MR) is 68.1 cm³/mol. The number of amides is 1. The van der Waals surface area contributed by atoms with Gasteiger partial charge in [0.2, 0.25) is 5.82 Å². The maximum absolute atomic E-state index is 12.0. The molecule has 1 saturated carbocycles. The second-order valence-corrected chi connectivity index (χ2v) is 5.91. The van der Waals surface area contributed by atoms with E-state index < -0.39 is 0 Å². The molecule has 1 fully saturated rings. The van der Waals surface area contributed by atoms with E-state index in [0.717, 1.165) is 12.8 Å². The summed E-state index contributed by atoms with van der Waals surface area (Å²) < 4.78 is 0. The smallest absolute Gasteiger partial charge is 0.291 e. The molecular formula is C12H21N5O. The van der Waals surface area contributed by atoms with Crippen molar-refractivity contribution in [2.45, 2.75) is 45.1 Å². The monoisotopic (exact) mass is 251 g/mol. The first kappa shape index (κ1) is 13.0. The number of aromatic amines is 1. The van der Waals surface area contributed by atoms with Crippen LogP contribution >= 0.6 is 0 Å². The summed E-state index contributed by atoms with van der Waals surface area (Å²) in [4.78, 5) is 16.2. The predicted octanol–water partition coefficient (Wildman–Crippen LogP) is 0.569. The summed E-state index contributed by atoms with van der Waals surface area (Å²) in [6.45, 7) is 6.51. The first-order valence-corrected chi connectivity index (χ1v) is 6.35. The average molecular weight is 251 g/mol. The summed E-state index contributed by atoms with van der Waals surface area (Å²) in [6.07, 6.45) is 2.28. The third kappa shape index (κ3) is 2.87. The van der Waals surface area contributed by atoms with Gasteiger partial charge in [0, 0.05) is 18.0 Å². The highest BCUT2D eigenvalue weighted by Gasteiger charge is 2.32. The molecule has 1 aromatic rings. The molecule has 0 aliphatic heterocycles. The number of aromatic nitrogens is 3. The molecule has 100 valence electrons. The fourth-order valence-corrected chi connectivity index (χ4v) is 1.80. The molecule has 1 aliphatic rings. The lowest BCUT2D eigenvalue weighted by molar-refractivity contribution is 0.0923. The SMILES string of the molecule is CC(C)(C)c1nc(C(=O)NC(CN)C2CC2)n[nH]1. The molecule has 1 aromatic heterocycles. The van der Waals surface area contributed by atoms with Crippen LogP contribution in [0.1, 0.15) is 50.1 Å². The molecule has 1 unspecified atom stereocenters. The number of H-pyrrole nitrogens is 1. The van der Waals surface area contributed by atoms with Crippen molar-refractivity contribution >= 4 is 5.91 Å². The highest BCUT2D eigenvalue weighted by atomic mass is 16.2. The Morgan fingerprint density at radius 1 is 1.56 bits per heavy atom. The standard InChI is InChI=1S/C12H21N5O/c1-12(2,3)11-15-9(16-17-11)10(18)14-8(6-13)7-4-5-7/h7-8H,4-6,13H2,1-3H3,(H,14,18)(H,15,16,17). The Labute approximate surface area is 107 Å². The van der Waals surface area contributed by atoms with Crippen molar-refractivity contribution in [3.05, 3.63) is 11.6 Å². The van der Waals surface area contributed by atoms with E-state index in [4.69, 9.17) is 5.73 Å². The van der Waals surface area contributed by atoms with Crippen molar-refractivity contribution < 1.29 is 4.79 Å². The van der Waals surface area contributed by atoms with Gasteiger partial charge in [0.25, 0.3) is 5.91 Å². The molecule has 0 radical (unpaired) electrons. The molecule has 1 amide bonds. The second-order valence-electron chi connectivity index (χ2n) is 5.91. The Kier molecular flexibility index (Phi) is 3.38. The Morgan fingerprint density at radius 3 is 2.67 bits per heavy atom. The average Bonchev–Trinajstić information content (AvgIpc) is 2.99. The Balaban J connectivity index is 2.02. The van der Waals surface area contributed by atoms with E-state index in [1.54, 1.807) is 0 Å². The molecule has 1 heterocycles. The summed E-state index contributed by atoms with van der Waals surface area (Å²) in [6, 6.07) is 0.0501. The number of hydrogen-bond donors (Lipinski definition) is 3. The van der Waals surface area contributed by atoms with Crippen LogP contribution in [0.25, 0.3) is 0 Å². The summed E-state index contributed by atoms with van der Waals surface area (Å²) in [7, 11) is 0. The lowest BCUT2D eigenvalue weighted by atomic mass is 9.96. The quantitative estimate of drug-likeness (QED) is 0.728. The van der Waals surface area contributed by atoms with Crippen LogP contribution in [0.2, 0.25) is 0 Å². The molecule has 0 aromatic carbocycles. The molecule has 0 spiro atoms. The number of nitrogens with two attached hydrogens (primary N) is 1. The Bertz CT molecular complexity index is 430. The molecule has 0 saturated heterocycles. The van der Waals surface area contributed by atoms with E-state index in [2.05, 4.69) is 20.5 Å². The van der Waals surface area contributed by atoms with E-state index in [9.17, 15) is 4.79 Å². The molecule has 18 heavy (non-hydrogen) atoms. The van der Waals surface area contributed by atoms with Crippen LogP contribution in [0.15, 0.2) is 0 Å². The Hall–Kier alpha value is -1.43. The van der Waals surface area contributed by atoms with Crippen LogP contribution in [-0.2, 0) is 5.41 Å². The third-order valence-electron chi connectivity index (χ3n) is 3.16. The van der Waals surface area contributed by atoms with Gasteiger partial charge in [-0.05, 0) is 18.8 Å². The highest BCUT2D eigenvalue weighted by molar-refractivity contribution is 5.90. The Morgan fingerprint density at radius 2 is 2.22 bits per heavy atom. The van der Waals surface area contributed by atoms with E-state index in [0.29, 0.717) is 18.3 Å². The van der Waals surface area contributed by atoms with Crippen LogP contribution in [0.3, 0.4) is 0 Å². The maximum Gasteiger partial charge on any atom is 0.291 e. The minimum Gasteiger partial charge on any atom is -0.345 e. The van der Waals surface area contributed by atoms with Crippen molar-refractivity contribution in [2.24, 2.45) is 11.7 Å². The van der Waals surface area contributed by atoms with Gasteiger partial charge in [-0.2, -0.15) is 0 Å². The zero-order chi connectivity index (χ0) is 13.3. The summed E-state index contributed by atoms with van der Waals surface area (Å²) in [5, 5.41) is 9.67. The van der Waals surface area contributed by atoms with Gasteiger partial charge in [-0.3, -0.25) is 9.89 Å². The van der Waals surface area contributed by atoms with Gasteiger partial charge in [-0.25, -0.2) is 4.98 Å². The number of carbonyl (C=O) groups excluding carboxylic acids is 1. The zero-order valence-electron chi connectivity index (χ0n) is 11.2. The highest BCUT2D eigenvalue weighted by Crippen LogP contribution is 2.32. The summed E-state index contributed by atoms with van der Waals surface area (Å²) in [5.74, 6) is 1.19. The molecule has 0 bridgehead atoms. The van der Waals surface area contributed by atoms with Crippen molar-refractivity contribution in [3.63, 3.8) is 0 Å². The van der Waals surface area contributed by atoms with Gasteiger partial charge in [0.15, 0.2) is 0 Å². The van der Waals surface area contributed by atoms with Gasteiger partial charge >= 0.3 is 0 Å². The topological polar surface area (TPSA) is 96.7 Å². The summed E-state index contributed by atoms with van der Waals surface area (Å²) in [5.41, 5.74) is 5.51. The van der Waals surface area contributed by atoms with E-state index in [-0.39, 0.29) is 23.2 Å². The van der Waals surface area contributed by atoms with Crippen LogP contribution in [0, 0.1) is 5.92 Å². The normalized spacial score (nSPS) is 17.6. The molecule has 4 N–H and O–H groups in total. The maximum atomic E-state index is 12.0. The summed E-state index contributed by atoms with van der Waals surface area (Å²) >= 11 is 0. The number of hydrogen-bond acceptors (Lipinski definition) is 4. The fraction of sp³-hybridized carbons (Fsp3) is 0.750. The number of nitrogens with one attached hydrogen (secondary N) is 2. The van der Waals surface area contributed by atoms with Crippen LogP contribution in [0.4, 0.5) is 0 Å². The minimum atomic E-state index is -0.246. The largest absolute Gasteiger partial charge is 0.345 e. The lowest BCUT2D eigenvalue weighted by Gasteiger charge is -2.14. The van der Waals surface area contributed by atoms with Gasteiger partial charge < -0.3 is 11.1 Å². The number of carbonyl (C=O) groups is 1. The van der Waals surface area contributed by atoms with E-state index in [1.165, 1.54) is 0 Å². The van der Waals surface area contributed by atoms with Crippen molar-refractivity contribution in [2.75, 3.05) is 6.54 Å². The van der Waals surface area contributed by atoms with Gasteiger partial charge in [0.05, 0.1) is 0 Å². The van der Waals surface area contributed by atoms with Crippen molar-refractivity contribution in [1.29, 1.82) is 0 Å². The number of rotatable bonds is 4. The number of nitrogens with zero attached hydrogens (tertiary/aromatic N) is 2. The van der Waals surface area contributed by atoms with Crippen molar-refractivity contribution in [3.8, 4) is 0 Å². The van der Waals surface area contributed by atoms with Crippen LogP contribution in [0.5, 0.6) is 0 Å². The first-order chi connectivity index (χ1) is 8.41. The zero-order valence-corrected chi connectivity index (χ0v) is 11.2. The molecule has 6 nitrogen and oxygen atoms in total. The van der Waals surface area contributed by atoms with E-state index in [1.807, 2.05) is 20.8 Å². The second kappa shape index (κ2) is 4.68. The van der Waals surface area contributed by atoms with Crippen molar-refractivity contribution in [1.82, 2.24) is 20.5 Å². The lowest BCUT2D eigenvalue weighted by Crippen LogP contribution is -2.42. The van der Waals surface area contributed by atoms with Crippen LogP contribution in [-0.4, -0.2) is 33.7 Å². The first-order valence-electron chi connectivity index (χ1n) is 6.35. The molecule has 6 heteroatoms. The third-order valence-corrected chi connectivity index (χ3v) is 3.16. The minimum absolute atomic E-state index is 0.0501. The van der Waals surface area contributed by atoms with Gasteiger partial charge in [-0.1, -0.05) is 20.8 Å². The molecule has 2 rings (SSSR count). The molecule has 1 atom stereocenters. The van der Waals surface area contributed by atoms with E-state index >= 15 is 0 Å². The fourth-order valence-electron chi connectivity index (χ4n) is 1.80. The van der Waals surface area contributed by atoms with Crippen LogP contribution < -0.4 is 11.1 Å². The van der Waals surface area contributed by atoms with Gasteiger partial charge in [0.1, 0.15) is 5.82 Å². The molecular weight excluding hydrogens is 230 g/mol. The van der Waals surface area contributed by atoms with Gasteiger partial charge in [-0.15, -0.1) is 5.10 Å². The molecule has 1 aliphatic carbocycles.